The van der Waals surface area contributed by atoms with E-state index in [0.717, 1.165) is 20.9 Å². The highest BCUT2D eigenvalue weighted by atomic mass is 79.9. The van der Waals surface area contributed by atoms with E-state index in [2.05, 4.69) is 25.8 Å². The van der Waals surface area contributed by atoms with Gasteiger partial charge in [0.25, 0.3) is 0 Å². The van der Waals surface area contributed by atoms with Crippen LogP contribution >= 0.6 is 15.9 Å². The number of hydrogen-bond donors (Lipinski definition) is 0. The minimum Gasteiger partial charge on any atom is -0.371 e. The van der Waals surface area contributed by atoms with E-state index >= 15 is 0 Å². The summed E-state index contributed by atoms with van der Waals surface area (Å²) in [4.78, 5) is 37.3. The summed E-state index contributed by atoms with van der Waals surface area (Å²) in [7, 11) is -7.22. The lowest BCUT2D eigenvalue weighted by molar-refractivity contribution is -0.150. The number of sulfonamides is 1. The molecular formula is C30H34BrN5O6S2. The molecule has 44 heavy (non-hydrogen) atoms. The number of piperidine rings is 1. The van der Waals surface area contributed by atoms with E-state index in [1.54, 1.807) is 35.5 Å². The summed E-state index contributed by atoms with van der Waals surface area (Å²) in [6.45, 7) is 1.34. The summed E-state index contributed by atoms with van der Waals surface area (Å²) in [5, 5.41) is 1.65. The van der Waals surface area contributed by atoms with Crippen LogP contribution in [-0.2, 0) is 29.4 Å². The van der Waals surface area contributed by atoms with Crippen molar-refractivity contribution in [2.75, 3.05) is 62.2 Å². The van der Waals surface area contributed by atoms with Gasteiger partial charge in [0.05, 0.1) is 16.4 Å². The lowest BCUT2D eigenvalue weighted by Crippen LogP contribution is -2.64. The van der Waals surface area contributed by atoms with Gasteiger partial charge in [0, 0.05) is 74.3 Å². The van der Waals surface area contributed by atoms with Gasteiger partial charge in [0.1, 0.15) is 6.04 Å². The Morgan fingerprint density at radius 2 is 1.48 bits per heavy atom. The van der Waals surface area contributed by atoms with Crippen molar-refractivity contribution in [1.82, 2.24) is 19.1 Å². The molecule has 1 unspecified atom stereocenters. The molecule has 3 aliphatic rings. The second-order valence-corrected chi connectivity index (χ2v) is 16.7. The summed E-state index contributed by atoms with van der Waals surface area (Å²) in [5.74, 6) is -1.17. The van der Waals surface area contributed by atoms with Gasteiger partial charge in [-0.05, 0) is 60.0 Å². The molecular weight excluding hydrogens is 670 g/mol. The van der Waals surface area contributed by atoms with Gasteiger partial charge >= 0.3 is 0 Å². The first-order chi connectivity index (χ1) is 21.0. The molecule has 1 atom stereocenters. The zero-order chi connectivity index (χ0) is 31.1. The Labute approximate surface area is 265 Å². The molecule has 0 bridgehead atoms. The van der Waals surface area contributed by atoms with Gasteiger partial charge in [0.15, 0.2) is 9.84 Å². The summed E-state index contributed by atoms with van der Waals surface area (Å²) in [6.07, 6.45) is 4.68. The Bertz CT molecular complexity index is 1770. The second kappa shape index (κ2) is 12.4. The summed E-state index contributed by atoms with van der Waals surface area (Å²) in [5.41, 5.74) is 1.04. The van der Waals surface area contributed by atoms with Crippen molar-refractivity contribution in [3.05, 3.63) is 65.4 Å². The fourth-order valence-electron chi connectivity index (χ4n) is 6.27. The first-order valence-corrected chi connectivity index (χ1v) is 18.7. The first kappa shape index (κ1) is 30.9. The van der Waals surface area contributed by atoms with Crippen molar-refractivity contribution in [2.45, 2.75) is 23.8 Å². The Kier molecular flexibility index (Phi) is 8.70. The van der Waals surface area contributed by atoms with E-state index in [4.69, 9.17) is 0 Å². The van der Waals surface area contributed by atoms with Gasteiger partial charge in [-0.1, -0.05) is 28.1 Å². The number of benzene rings is 2. The molecule has 0 radical (unpaired) electrons. The quantitative estimate of drug-likeness (QED) is 0.397. The molecule has 14 heteroatoms. The third kappa shape index (κ3) is 6.35. The predicted molar refractivity (Wildman–Crippen MR) is 170 cm³/mol. The third-order valence-corrected chi connectivity index (χ3v) is 12.8. The van der Waals surface area contributed by atoms with Crippen LogP contribution in [0.1, 0.15) is 12.8 Å². The van der Waals surface area contributed by atoms with Crippen LogP contribution in [0.3, 0.4) is 0 Å². The van der Waals surface area contributed by atoms with Gasteiger partial charge in [-0.2, -0.15) is 4.31 Å². The normalized spacial score (nSPS) is 21.8. The highest BCUT2D eigenvalue weighted by molar-refractivity contribution is 9.10. The fraction of sp³-hybridized carbons (Fsp3) is 0.433. The molecule has 6 rings (SSSR count). The Morgan fingerprint density at radius 3 is 2.18 bits per heavy atom. The number of pyridine rings is 1. The third-order valence-electron chi connectivity index (χ3n) is 8.85. The molecule has 0 N–H and O–H groups in total. The molecule has 0 saturated carbocycles. The van der Waals surface area contributed by atoms with Gasteiger partial charge in [-0.3, -0.25) is 14.6 Å². The SMILES string of the molecule is O=C(C1CN(S(=O)(=O)c2ccc3cc(Br)ccc3c2)CCN1C(=O)C1CCN(c2ccncc2)CC1)N1CCS(=O)(=O)CC1. The first-order valence-electron chi connectivity index (χ1n) is 14.7. The van der Waals surface area contributed by atoms with Gasteiger partial charge < -0.3 is 14.7 Å². The summed E-state index contributed by atoms with van der Waals surface area (Å²) in [6, 6.07) is 13.4. The molecule has 3 aromatic rings. The lowest BCUT2D eigenvalue weighted by atomic mass is 9.93. The molecule has 0 aliphatic carbocycles. The molecule has 3 fully saturated rings. The standard InChI is InChI=1S/C30H34BrN5O6S2/c31-25-3-1-24-20-27(4-2-23(24)19-25)44(41,42)35-13-14-36(28(21-35)30(38)34-15-17-43(39,40)18-16-34)29(37)22-7-11-33(12-8-22)26-5-9-32-10-6-26/h1-6,9-10,19-20,22,28H,7-8,11-18,21H2. The van der Waals surface area contributed by atoms with Gasteiger partial charge in [-0.25, -0.2) is 16.8 Å². The van der Waals surface area contributed by atoms with Crippen molar-refractivity contribution in [1.29, 1.82) is 0 Å². The molecule has 1 aromatic heterocycles. The van der Waals surface area contributed by atoms with Crippen LogP contribution in [0, 0.1) is 5.92 Å². The number of nitrogens with zero attached hydrogens (tertiary/aromatic N) is 5. The molecule has 3 saturated heterocycles. The highest BCUT2D eigenvalue weighted by Gasteiger charge is 2.44. The van der Waals surface area contributed by atoms with E-state index in [1.165, 1.54) is 9.21 Å². The van der Waals surface area contributed by atoms with E-state index in [1.807, 2.05) is 30.3 Å². The molecule has 4 heterocycles. The van der Waals surface area contributed by atoms with Crippen molar-refractivity contribution < 1.29 is 26.4 Å². The van der Waals surface area contributed by atoms with E-state index in [-0.39, 0.29) is 61.0 Å². The molecule has 2 amide bonds. The lowest BCUT2D eigenvalue weighted by Gasteiger charge is -2.44. The Balaban J connectivity index is 1.23. The number of amides is 2. The Hall–Kier alpha value is -3.07. The summed E-state index contributed by atoms with van der Waals surface area (Å²) >= 11 is 3.44. The number of sulfone groups is 1. The number of fused-ring (bicyclic) bond motifs is 1. The fourth-order valence-corrected chi connectivity index (χ4v) is 9.33. The smallest absolute Gasteiger partial charge is 0.246 e. The van der Waals surface area contributed by atoms with Gasteiger partial charge in [-0.15, -0.1) is 0 Å². The van der Waals surface area contributed by atoms with Crippen molar-refractivity contribution in [2.24, 2.45) is 5.92 Å². The molecule has 3 aliphatic heterocycles. The van der Waals surface area contributed by atoms with E-state index in [0.29, 0.717) is 25.9 Å². The topological polar surface area (TPSA) is 128 Å². The van der Waals surface area contributed by atoms with Crippen LogP contribution in [0.25, 0.3) is 10.8 Å². The number of anilines is 1. The molecule has 234 valence electrons. The average Bonchev–Trinajstić information content (AvgIpc) is 3.04. The van der Waals surface area contributed by atoms with E-state index < -0.39 is 31.8 Å². The predicted octanol–water partition coefficient (Wildman–Crippen LogP) is 2.37. The van der Waals surface area contributed by atoms with Gasteiger partial charge in [0.2, 0.25) is 21.8 Å². The largest absolute Gasteiger partial charge is 0.371 e. The van der Waals surface area contributed by atoms with Crippen molar-refractivity contribution >= 4 is 64.1 Å². The molecule has 0 spiro atoms. The number of carbonyl (C=O) groups is 2. The van der Waals surface area contributed by atoms with Crippen LogP contribution < -0.4 is 4.90 Å². The van der Waals surface area contributed by atoms with Crippen molar-refractivity contribution in [3.8, 4) is 0 Å². The van der Waals surface area contributed by atoms with Crippen LogP contribution in [-0.4, -0.2) is 111 Å². The monoisotopic (exact) mass is 703 g/mol. The number of piperazine rings is 1. The average molecular weight is 705 g/mol. The van der Waals surface area contributed by atoms with Crippen LogP contribution in [0.4, 0.5) is 5.69 Å². The maximum atomic E-state index is 14.0. The number of hydrogen-bond acceptors (Lipinski definition) is 8. The van der Waals surface area contributed by atoms with Crippen LogP contribution in [0.5, 0.6) is 0 Å². The van der Waals surface area contributed by atoms with Crippen LogP contribution in [0.15, 0.2) is 70.3 Å². The minimum atomic E-state index is -3.99. The molecule has 11 nitrogen and oxygen atoms in total. The zero-order valence-electron chi connectivity index (χ0n) is 24.1. The number of halogens is 1. The Morgan fingerprint density at radius 1 is 0.818 bits per heavy atom. The summed E-state index contributed by atoms with van der Waals surface area (Å²) < 4.78 is 54.0. The maximum absolute atomic E-state index is 14.0. The van der Waals surface area contributed by atoms with E-state index in [9.17, 15) is 26.4 Å². The minimum absolute atomic E-state index is 0.0248. The van der Waals surface area contributed by atoms with Crippen LogP contribution in [0.2, 0.25) is 0 Å². The number of carbonyl (C=O) groups excluding carboxylic acids is 2. The highest BCUT2D eigenvalue weighted by Crippen LogP contribution is 2.29. The maximum Gasteiger partial charge on any atom is 0.246 e. The van der Waals surface area contributed by atoms with Crippen molar-refractivity contribution in [3.63, 3.8) is 0 Å². The molecule has 2 aromatic carbocycles. The second-order valence-electron chi connectivity index (χ2n) is 11.5. The zero-order valence-corrected chi connectivity index (χ0v) is 27.3. The number of rotatable bonds is 5. The number of aromatic nitrogens is 1.